The molecule has 46 heavy (non-hydrogen) atoms. The number of fused-ring (bicyclic) bond motifs is 1. The minimum Gasteiger partial charge on any atom is -0.396 e. The van der Waals surface area contributed by atoms with Gasteiger partial charge in [-0.2, -0.15) is 5.10 Å². The molecule has 2 aliphatic rings. The number of hydrogen-bond donors (Lipinski definition) is 3. The third-order valence-electron chi connectivity index (χ3n) is 8.41. The Morgan fingerprint density at radius 2 is 1.93 bits per heavy atom. The zero-order chi connectivity index (χ0) is 32.6. The van der Waals surface area contributed by atoms with Crippen molar-refractivity contribution in [2.75, 3.05) is 46.0 Å². The molecule has 0 saturated carbocycles. The van der Waals surface area contributed by atoms with Crippen LogP contribution in [0.25, 0.3) is 11.3 Å². The molecular formula is C34H40Cl2N6O4. The van der Waals surface area contributed by atoms with E-state index >= 15 is 0 Å². The number of nitrogens with zero attached hydrogens (tertiary/aromatic N) is 4. The zero-order valence-corrected chi connectivity index (χ0v) is 27.5. The summed E-state index contributed by atoms with van der Waals surface area (Å²) < 4.78 is 7.63. The summed E-state index contributed by atoms with van der Waals surface area (Å²) in [4.78, 5) is 28.2. The van der Waals surface area contributed by atoms with Crippen molar-refractivity contribution in [2.24, 2.45) is 5.73 Å². The van der Waals surface area contributed by atoms with Crippen LogP contribution in [0.15, 0.2) is 36.4 Å². The molecule has 1 saturated heterocycles. The fourth-order valence-corrected chi connectivity index (χ4v) is 6.23. The molecule has 3 heterocycles. The van der Waals surface area contributed by atoms with Gasteiger partial charge in [0.15, 0.2) is 0 Å². The first kappa shape index (κ1) is 33.9. The Morgan fingerprint density at radius 1 is 1.11 bits per heavy atom. The van der Waals surface area contributed by atoms with E-state index in [-0.39, 0.29) is 13.2 Å². The number of benzene rings is 2. The second-order valence-electron chi connectivity index (χ2n) is 11.7. The number of hydrogen-bond acceptors (Lipinski definition) is 7. The molecular weight excluding hydrogens is 627 g/mol. The van der Waals surface area contributed by atoms with E-state index in [1.165, 1.54) is 4.90 Å². The van der Waals surface area contributed by atoms with Crippen LogP contribution in [0, 0.1) is 11.8 Å². The number of amides is 2. The lowest BCUT2D eigenvalue weighted by atomic mass is 9.99. The molecule has 1 unspecified atom stereocenters. The number of carbonyl (C=O) groups excluding carboxylic acids is 2. The number of morpholine rings is 1. The average Bonchev–Trinajstić information content (AvgIpc) is 3.42. The summed E-state index contributed by atoms with van der Waals surface area (Å²) in [6.45, 7) is 8.29. The van der Waals surface area contributed by atoms with E-state index in [4.69, 9.17) is 43.9 Å². The highest BCUT2D eigenvalue weighted by Gasteiger charge is 2.30. The van der Waals surface area contributed by atoms with Crippen LogP contribution in [0.2, 0.25) is 10.0 Å². The van der Waals surface area contributed by atoms with Gasteiger partial charge >= 0.3 is 11.8 Å². The molecule has 5 rings (SSSR count). The number of aromatic nitrogens is 2. The third-order valence-corrected chi connectivity index (χ3v) is 9.10. The molecule has 3 aromatic rings. The number of carbonyl (C=O) groups is 2. The van der Waals surface area contributed by atoms with Gasteiger partial charge in [0.1, 0.15) is 0 Å². The molecule has 2 amide bonds. The van der Waals surface area contributed by atoms with Crippen molar-refractivity contribution in [2.45, 2.75) is 51.9 Å². The van der Waals surface area contributed by atoms with Gasteiger partial charge in [0, 0.05) is 84.8 Å². The molecule has 2 aromatic carbocycles. The molecule has 244 valence electrons. The molecule has 1 atom stereocenters. The van der Waals surface area contributed by atoms with Crippen LogP contribution in [-0.4, -0.2) is 88.5 Å². The van der Waals surface area contributed by atoms with E-state index in [1.807, 2.05) is 35.0 Å². The topological polar surface area (TPSA) is 126 Å². The summed E-state index contributed by atoms with van der Waals surface area (Å²) >= 11 is 13.0. The molecule has 0 spiro atoms. The Morgan fingerprint density at radius 3 is 2.72 bits per heavy atom. The van der Waals surface area contributed by atoms with Gasteiger partial charge in [0.05, 0.1) is 30.5 Å². The maximum atomic E-state index is 12.5. The van der Waals surface area contributed by atoms with Gasteiger partial charge in [-0.25, -0.2) is 0 Å². The minimum absolute atomic E-state index is 0.132. The molecule has 2 aliphatic heterocycles. The first-order valence-corrected chi connectivity index (χ1v) is 16.4. The normalized spacial score (nSPS) is 16.5. The predicted molar refractivity (Wildman–Crippen MR) is 178 cm³/mol. The molecule has 0 bridgehead atoms. The van der Waals surface area contributed by atoms with Crippen molar-refractivity contribution >= 4 is 35.0 Å². The number of rotatable bonds is 10. The number of aliphatic hydroxyl groups excluding tert-OH is 1. The van der Waals surface area contributed by atoms with E-state index in [0.717, 1.165) is 72.9 Å². The molecule has 0 radical (unpaired) electrons. The maximum absolute atomic E-state index is 12.5. The summed E-state index contributed by atoms with van der Waals surface area (Å²) in [6.07, 6.45) is 2.16. The van der Waals surface area contributed by atoms with Crippen molar-refractivity contribution in [1.82, 2.24) is 24.9 Å². The number of halogens is 2. The van der Waals surface area contributed by atoms with Crippen LogP contribution >= 0.6 is 23.2 Å². The fraction of sp³-hybridized carbons (Fsp3) is 0.441. The lowest BCUT2D eigenvalue weighted by Crippen LogP contribution is -2.44. The van der Waals surface area contributed by atoms with Crippen molar-refractivity contribution in [1.29, 1.82) is 0 Å². The molecule has 1 fully saturated rings. The SMILES string of the molecule is CC1COCCN1CCCn1nc(-c2ccc(Cl)c(C#Cc3ccc(Cl)c(CNCCCO)c3)c2)c2c1CCN(C(=O)C(N)=O)C2. The van der Waals surface area contributed by atoms with Crippen molar-refractivity contribution in [3.05, 3.63) is 74.4 Å². The standard InChI is InChI=1S/C34H40Cl2N6O4/c1-23-22-46-17-15-40(23)12-3-13-42-31-10-14-41(34(45)33(37)44)21-28(31)32(39-42)26-7-9-29(35)25(19-26)6-4-24-5-8-30(36)27(18-24)20-38-11-2-16-43/h5,7-9,18-19,23,38,43H,2-3,10-17,20-22H2,1H3,(H2,37,44). The van der Waals surface area contributed by atoms with Crippen LogP contribution in [0.3, 0.4) is 0 Å². The number of nitrogens with one attached hydrogen (secondary N) is 1. The molecule has 1 aromatic heterocycles. The highest BCUT2D eigenvalue weighted by molar-refractivity contribution is 6.34. The Balaban J connectivity index is 1.41. The van der Waals surface area contributed by atoms with E-state index in [9.17, 15) is 9.59 Å². The maximum Gasteiger partial charge on any atom is 0.311 e. The fourth-order valence-electron chi connectivity index (χ4n) is 5.88. The molecule has 12 heteroatoms. The number of aliphatic hydroxyl groups is 1. The highest BCUT2D eigenvalue weighted by atomic mass is 35.5. The second-order valence-corrected chi connectivity index (χ2v) is 12.5. The van der Waals surface area contributed by atoms with Crippen molar-refractivity contribution < 1.29 is 19.4 Å². The zero-order valence-electron chi connectivity index (χ0n) is 26.0. The van der Waals surface area contributed by atoms with Crippen molar-refractivity contribution in [3.8, 4) is 23.1 Å². The molecule has 0 aliphatic carbocycles. The molecule has 4 N–H and O–H groups in total. The van der Waals surface area contributed by atoms with Gasteiger partial charge < -0.3 is 25.8 Å². The predicted octanol–water partition coefficient (Wildman–Crippen LogP) is 3.21. The molecule has 10 nitrogen and oxygen atoms in total. The first-order chi connectivity index (χ1) is 22.2. The van der Waals surface area contributed by atoms with Gasteiger partial charge in [-0.3, -0.25) is 19.2 Å². The van der Waals surface area contributed by atoms with Crippen LogP contribution in [0.4, 0.5) is 0 Å². The monoisotopic (exact) mass is 666 g/mol. The quantitative estimate of drug-likeness (QED) is 0.172. The van der Waals surface area contributed by atoms with E-state index in [0.29, 0.717) is 54.1 Å². The van der Waals surface area contributed by atoms with E-state index < -0.39 is 11.8 Å². The van der Waals surface area contributed by atoms with Gasteiger partial charge in [0.2, 0.25) is 0 Å². The largest absolute Gasteiger partial charge is 0.396 e. The number of ether oxygens (including phenoxy) is 1. The Kier molecular flexibility index (Phi) is 11.7. The Bertz CT molecular complexity index is 1630. The Hall–Kier alpha value is -3.43. The van der Waals surface area contributed by atoms with Crippen LogP contribution in [0.5, 0.6) is 0 Å². The minimum atomic E-state index is -0.965. The van der Waals surface area contributed by atoms with Gasteiger partial charge in [-0.05, 0) is 62.2 Å². The smallest absolute Gasteiger partial charge is 0.311 e. The van der Waals surface area contributed by atoms with E-state index in [1.54, 1.807) is 6.07 Å². The van der Waals surface area contributed by atoms with Gasteiger partial charge in [0.25, 0.3) is 0 Å². The van der Waals surface area contributed by atoms with Crippen LogP contribution in [-0.2, 0) is 40.4 Å². The number of nitrogens with two attached hydrogens (primary N) is 1. The summed E-state index contributed by atoms with van der Waals surface area (Å²) in [7, 11) is 0. The van der Waals surface area contributed by atoms with Gasteiger partial charge in [-0.1, -0.05) is 41.1 Å². The lowest BCUT2D eigenvalue weighted by molar-refractivity contribution is -0.144. The van der Waals surface area contributed by atoms with Crippen molar-refractivity contribution in [3.63, 3.8) is 0 Å². The third kappa shape index (κ3) is 8.28. The first-order valence-electron chi connectivity index (χ1n) is 15.7. The summed E-state index contributed by atoms with van der Waals surface area (Å²) in [5.74, 6) is 4.76. The highest BCUT2D eigenvalue weighted by Crippen LogP contribution is 2.32. The van der Waals surface area contributed by atoms with Crippen LogP contribution < -0.4 is 11.1 Å². The van der Waals surface area contributed by atoms with Gasteiger partial charge in [-0.15, -0.1) is 0 Å². The lowest BCUT2D eigenvalue weighted by Gasteiger charge is -2.33. The average molecular weight is 668 g/mol. The number of primary amides is 1. The van der Waals surface area contributed by atoms with E-state index in [2.05, 4.69) is 29.0 Å². The van der Waals surface area contributed by atoms with Crippen LogP contribution in [0.1, 0.15) is 47.7 Å². The Labute approximate surface area is 279 Å². The number of aryl methyl sites for hydroxylation is 1. The summed E-state index contributed by atoms with van der Waals surface area (Å²) in [5.41, 5.74) is 11.2. The summed E-state index contributed by atoms with van der Waals surface area (Å²) in [5, 5.41) is 18.5. The summed E-state index contributed by atoms with van der Waals surface area (Å²) in [6, 6.07) is 11.6. The second kappa shape index (κ2) is 15.9.